The van der Waals surface area contributed by atoms with Crippen LogP contribution < -0.4 is 10.6 Å². The van der Waals surface area contributed by atoms with Crippen molar-refractivity contribution in [1.82, 2.24) is 10.6 Å². The van der Waals surface area contributed by atoms with Gasteiger partial charge in [0.05, 0.1) is 0 Å². The molecule has 0 bridgehead atoms. The van der Waals surface area contributed by atoms with Crippen LogP contribution in [0.25, 0.3) is 11.1 Å². The van der Waals surface area contributed by atoms with Gasteiger partial charge < -0.3 is 20.1 Å². The molecular weight excluding hydrogens is 520 g/mol. The SMILES string of the molecule is CCC(CC)NC(C)C(=O)OCC(=O)c1ccc(-c2ccc(C(=O)COC(=O)C3CCCC(CC)N3)cc2)cc1C. The molecule has 8 heteroatoms. The average molecular weight is 565 g/mol. The molecule has 2 aromatic carbocycles. The third-order valence-corrected chi connectivity index (χ3v) is 7.84. The van der Waals surface area contributed by atoms with Gasteiger partial charge in [0, 0.05) is 23.2 Å². The number of rotatable bonds is 14. The number of carbonyl (C=O) groups is 4. The second-order valence-corrected chi connectivity index (χ2v) is 10.8. The second kappa shape index (κ2) is 15.6. The number of hydrogen-bond donors (Lipinski definition) is 2. The van der Waals surface area contributed by atoms with E-state index in [1.807, 2.05) is 31.2 Å². The number of Topliss-reactive ketones (excluding diaryl/α,β-unsaturated/α-hetero) is 2. The summed E-state index contributed by atoms with van der Waals surface area (Å²) in [4.78, 5) is 50.1. The summed E-state index contributed by atoms with van der Waals surface area (Å²) in [7, 11) is 0. The zero-order chi connectivity index (χ0) is 29.9. The van der Waals surface area contributed by atoms with Crippen LogP contribution in [-0.2, 0) is 19.1 Å². The Labute approximate surface area is 243 Å². The zero-order valence-electron chi connectivity index (χ0n) is 25.0. The molecule has 0 saturated carbocycles. The Morgan fingerprint density at radius 3 is 2.20 bits per heavy atom. The lowest BCUT2D eigenvalue weighted by Gasteiger charge is -2.28. The summed E-state index contributed by atoms with van der Waals surface area (Å²) >= 11 is 0. The monoisotopic (exact) mass is 564 g/mol. The summed E-state index contributed by atoms with van der Waals surface area (Å²) in [6.07, 6.45) is 5.52. The Morgan fingerprint density at radius 2 is 1.56 bits per heavy atom. The predicted molar refractivity (Wildman–Crippen MR) is 159 cm³/mol. The Hall–Kier alpha value is -3.36. The van der Waals surface area contributed by atoms with Crippen LogP contribution in [0.2, 0.25) is 0 Å². The van der Waals surface area contributed by atoms with Crippen LogP contribution in [0.3, 0.4) is 0 Å². The Morgan fingerprint density at radius 1 is 0.902 bits per heavy atom. The van der Waals surface area contributed by atoms with Crippen molar-refractivity contribution in [1.29, 1.82) is 0 Å². The van der Waals surface area contributed by atoms with Crippen molar-refractivity contribution < 1.29 is 28.7 Å². The van der Waals surface area contributed by atoms with E-state index in [0.717, 1.165) is 55.2 Å². The second-order valence-electron chi connectivity index (χ2n) is 10.8. The largest absolute Gasteiger partial charge is 0.456 e. The zero-order valence-corrected chi connectivity index (χ0v) is 25.0. The quantitative estimate of drug-likeness (QED) is 0.238. The fourth-order valence-corrected chi connectivity index (χ4v) is 5.14. The third-order valence-electron chi connectivity index (χ3n) is 7.84. The summed E-state index contributed by atoms with van der Waals surface area (Å²) in [6.45, 7) is 9.17. The van der Waals surface area contributed by atoms with Crippen molar-refractivity contribution >= 4 is 23.5 Å². The minimum Gasteiger partial charge on any atom is -0.456 e. The number of hydrogen-bond acceptors (Lipinski definition) is 8. The summed E-state index contributed by atoms with van der Waals surface area (Å²) in [6, 6.07) is 12.2. The van der Waals surface area contributed by atoms with E-state index in [1.54, 1.807) is 25.1 Å². The van der Waals surface area contributed by atoms with E-state index in [1.165, 1.54) is 0 Å². The average Bonchev–Trinajstić information content (AvgIpc) is 3.00. The Kier molecular flexibility index (Phi) is 12.2. The molecule has 1 aliphatic rings. The van der Waals surface area contributed by atoms with Gasteiger partial charge in [0.2, 0.25) is 5.78 Å². The summed E-state index contributed by atoms with van der Waals surface area (Å²) in [5.74, 6) is -1.34. The first-order chi connectivity index (χ1) is 19.7. The summed E-state index contributed by atoms with van der Waals surface area (Å²) in [5.41, 5.74) is 3.49. The van der Waals surface area contributed by atoms with Crippen LogP contribution in [0.1, 0.15) is 92.5 Å². The highest BCUT2D eigenvalue weighted by Gasteiger charge is 2.27. The first-order valence-corrected chi connectivity index (χ1v) is 14.8. The van der Waals surface area contributed by atoms with Crippen molar-refractivity contribution in [3.8, 4) is 11.1 Å². The third kappa shape index (κ3) is 9.07. The van der Waals surface area contributed by atoms with E-state index in [0.29, 0.717) is 17.2 Å². The van der Waals surface area contributed by atoms with Crippen molar-refractivity contribution in [3.05, 3.63) is 59.2 Å². The highest BCUT2D eigenvalue weighted by molar-refractivity contribution is 6.00. The van der Waals surface area contributed by atoms with Gasteiger partial charge in [-0.25, -0.2) is 0 Å². The first-order valence-electron chi connectivity index (χ1n) is 14.8. The van der Waals surface area contributed by atoms with Gasteiger partial charge in [-0.3, -0.25) is 19.2 Å². The maximum Gasteiger partial charge on any atom is 0.323 e. The molecule has 0 aliphatic carbocycles. The molecule has 3 rings (SSSR count). The Balaban J connectivity index is 1.53. The van der Waals surface area contributed by atoms with Crippen molar-refractivity contribution in [2.45, 2.75) is 97.3 Å². The van der Waals surface area contributed by atoms with E-state index >= 15 is 0 Å². The molecule has 3 unspecified atom stereocenters. The van der Waals surface area contributed by atoms with Gasteiger partial charge in [-0.05, 0) is 69.1 Å². The van der Waals surface area contributed by atoms with E-state index in [9.17, 15) is 19.2 Å². The first kappa shape index (κ1) is 32.2. The van der Waals surface area contributed by atoms with Crippen LogP contribution in [-0.4, -0.2) is 60.9 Å². The number of nitrogens with one attached hydrogen (secondary N) is 2. The van der Waals surface area contributed by atoms with E-state index in [-0.39, 0.29) is 42.8 Å². The van der Waals surface area contributed by atoms with Gasteiger partial charge in [-0.2, -0.15) is 0 Å². The molecule has 1 aliphatic heterocycles. The molecule has 0 spiro atoms. The number of ether oxygens (including phenoxy) is 2. The topological polar surface area (TPSA) is 111 Å². The van der Waals surface area contributed by atoms with E-state index < -0.39 is 12.0 Å². The molecule has 0 amide bonds. The number of ketones is 2. The van der Waals surface area contributed by atoms with Crippen molar-refractivity contribution in [2.75, 3.05) is 13.2 Å². The van der Waals surface area contributed by atoms with Gasteiger partial charge >= 0.3 is 11.9 Å². The van der Waals surface area contributed by atoms with Gasteiger partial charge in [-0.15, -0.1) is 0 Å². The van der Waals surface area contributed by atoms with Crippen LogP contribution in [0, 0.1) is 6.92 Å². The highest BCUT2D eigenvalue weighted by Crippen LogP contribution is 2.24. The molecular formula is C33H44N2O6. The van der Waals surface area contributed by atoms with E-state index in [4.69, 9.17) is 9.47 Å². The minimum absolute atomic E-state index is 0.227. The maximum absolute atomic E-state index is 12.8. The van der Waals surface area contributed by atoms with E-state index in [2.05, 4.69) is 31.4 Å². The van der Waals surface area contributed by atoms with Gasteiger partial charge in [0.15, 0.2) is 19.0 Å². The van der Waals surface area contributed by atoms with Crippen LogP contribution >= 0.6 is 0 Å². The molecule has 3 atom stereocenters. The van der Waals surface area contributed by atoms with Gasteiger partial charge in [0.25, 0.3) is 0 Å². The summed E-state index contributed by atoms with van der Waals surface area (Å²) in [5, 5.41) is 6.53. The predicted octanol–water partition coefficient (Wildman–Crippen LogP) is 5.20. The van der Waals surface area contributed by atoms with Crippen LogP contribution in [0.4, 0.5) is 0 Å². The highest BCUT2D eigenvalue weighted by atomic mass is 16.5. The number of aryl methyl sites for hydroxylation is 1. The Bertz CT molecular complexity index is 1200. The smallest absolute Gasteiger partial charge is 0.323 e. The fourth-order valence-electron chi connectivity index (χ4n) is 5.14. The lowest BCUT2D eigenvalue weighted by Crippen LogP contribution is -2.47. The molecule has 2 N–H and O–H groups in total. The fraction of sp³-hybridized carbons (Fsp3) is 0.515. The number of esters is 2. The molecule has 2 aromatic rings. The number of benzene rings is 2. The van der Waals surface area contributed by atoms with Gasteiger partial charge in [-0.1, -0.05) is 63.2 Å². The molecule has 0 aromatic heterocycles. The van der Waals surface area contributed by atoms with Crippen molar-refractivity contribution in [2.24, 2.45) is 0 Å². The van der Waals surface area contributed by atoms with Crippen molar-refractivity contribution in [3.63, 3.8) is 0 Å². The normalized spacial score (nSPS) is 17.6. The molecule has 0 radical (unpaired) electrons. The standard InChI is InChI=1S/C33H44N2O6/c1-6-26(7-2)34-22(5)32(38)40-20-31(37)28-17-16-25(18-21(28)4)23-12-14-24(15-13-23)30(36)19-41-33(39)29-11-9-10-27(8-3)35-29/h12-18,22,26-27,29,34-35H,6-11,19-20H2,1-5H3. The molecule has 1 heterocycles. The maximum atomic E-state index is 12.8. The van der Waals surface area contributed by atoms with Crippen LogP contribution in [0.15, 0.2) is 42.5 Å². The van der Waals surface area contributed by atoms with Crippen LogP contribution in [0.5, 0.6) is 0 Å². The molecule has 41 heavy (non-hydrogen) atoms. The number of piperidine rings is 1. The van der Waals surface area contributed by atoms with Gasteiger partial charge in [0.1, 0.15) is 12.1 Å². The molecule has 1 saturated heterocycles. The molecule has 8 nitrogen and oxygen atoms in total. The molecule has 1 fully saturated rings. The minimum atomic E-state index is -0.486. The summed E-state index contributed by atoms with van der Waals surface area (Å²) < 4.78 is 10.6. The number of carbonyl (C=O) groups excluding carboxylic acids is 4. The lowest BCUT2D eigenvalue weighted by molar-refractivity contribution is -0.146. The molecule has 222 valence electrons. The lowest BCUT2D eigenvalue weighted by atomic mass is 9.97.